The van der Waals surface area contributed by atoms with Crippen molar-refractivity contribution in [1.82, 2.24) is 10.2 Å². The summed E-state index contributed by atoms with van der Waals surface area (Å²) in [4.78, 5) is 50.1. The highest BCUT2D eigenvalue weighted by molar-refractivity contribution is 6.05. The average Bonchev–Trinajstić information content (AvgIpc) is 3.58. The summed E-state index contributed by atoms with van der Waals surface area (Å²) in [5.74, 6) is -0.347. The van der Waals surface area contributed by atoms with Gasteiger partial charge in [0.1, 0.15) is 12.6 Å². The molecule has 5 rings (SSSR count). The van der Waals surface area contributed by atoms with Gasteiger partial charge in [0.2, 0.25) is 11.8 Å². The van der Waals surface area contributed by atoms with E-state index in [1.165, 1.54) is 23.3 Å². The zero-order valence-electron chi connectivity index (χ0n) is 17.4. The average molecular weight is 433 g/mol. The van der Waals surface area contributed by atoms with Gasteiger partial charge in [-0.1, -0.05) is 24.3 Å². The Labute approximate surface area is 184 Å². The van der Waals surface area contributed by atoms with Crippen molar-refractivity contribution in [2.45, 2.75) is 50.8 Å². The van der Waals surface area contributed by atoms with Gasteiger partial charge in [-0.25, -0.2) is 4.79 Å². The van der Waals surface area contributed by atoms with Crippen LogP contribution < -0.4 is 10.6 Å². The zero-order chi connectivity index (χ0) is 22.2. The van der Waals surface area contributed by atoms with E-state index in [4.69, 9.17) is 4.74 Å². The molecule has 1 saturated heterocycles. The number of carbonyl (C=O) groups is 4. The first-order valence-electron chi connectivity index (χ1n) is 10.8. The van der Waals surface area contributed by atoms with Gasteiger partial charge >= 0.3 is 6.09 Å². The number of piperidine rings is 1. The van der Waals surface area contributed by atoms with Crippen LogP contribution in [-0.4, -0.2) is 34.8 Å². The number of fused-ring (bicyclic) bond motifs is 1. The Kier molecular flexibility index (Phi) is 5.13. The van der Waals surface area contributed by atoms with Crippen molar-refractivity contribution in [2.75, 3.05) is 5.32 Å². The molecule has 2 aromatic rings. The van der Waals surface area contributed by atoms with Crippen LogP contribution in [-0.2, 0) is 27.5 Å². The molecule has 2 fully saturated rings. The van der Waals surface area contributed by atoms with E-state index in [1.54, 1.807) is 12.1 Å². The SMILES string of the molecule is O=C1CCC(N2Cc3ccc(COC(=O)Nc4ccc(C5CC5)cc4)cc3C2=O)C(=O)N1. The minimum absolute atomic E-state index is 0.0188. The normalized spacial score (nSPS) is 20.1. The minimum Gasteiger partial charge on any atom is -0.444 e. The van der Waals surface area contributed by atoms with Crippen LogP contribution in [0.5, 0.6) is 0 Å². The Balaban J connectivity index is 1.18. The van der Waals surface area contributed by atoms with Gasteiger partial charge in [-0.05, 0) is 60.1 Å². The molecule has 2 aliphatic heterocycles. The molecule has 8 heteroatoms. The fourth-order valence-electron chi connectivity index (χ4n) is 4.25. The quantitative estimate of drug-likeness (QED) is 0.705. The van der Waals surface area contributed by atoms with Crippen LogP contribution in [0.4, 0.5) is 10.5 Å². The number of hydrogen-bond donors (Lipinski definition) is 2. The van der Waals surface area contributed by atoms with Crippen LogP contribution in [0.1, 0.15) is 58.6 Å². The molecule has 8 nitrogen and oxygen atoms in total. The predicted octanol–water partition coefficient (Wildman–Crippen LogP) is 3.07. The van der Waals surface area contributed by atoms with Gasteiger partial charge in [0.25, 0.3) is 5.91 Å². The summed E-state index contributed by atoms with van der Waals surface area (Å²) in [7, 11) is 0. The number of benzene rings is 2. The van der Waals surface area contributed by atoms with Gasteiger partial charge in [-0.2, -0.15) is 0 Å². The Morgan fingerprint density at radius 3 is 2.56 bits per heavy atom. The van der Waals surface area contributed by atoms with Crippen LogP contribution in [0.15, 0.2) is 42.5 Å². The number of rotatable bonds is 5. The number of amides is 4. The highest BCUT2D eigenvalue weighted by Gasteiger charge is 2.39. The van der Waals surface area contributed by atoms with Gasteiger partial charge in [-0.15, -0.1) is 0 Å². The molecule has 1 saturated carbocycles. The molecule has 32 heavy (non-hydrogen) atoms. The third-order valence-electron chi connectivity index (χ3n) is 6.17. The molecule has 0 aromatic heterocycles. The number of hydrogen-bond acceptors (Lipinski definition) is 5. The van der Waals surface area contributed by atoms with Crippen LogP contribution >= 0.6 is 0 Å². The molecule has 0 bridgehead atoms. The maximum absolute atomic E-state index is 12.9. The van der Waals surface area contributed by atoms with E-state index in [1.807, 2.05) is 30.3 Å². The fourth-order valence-corrected chi connectivity index (χ4v) is 4.25. The van der Waals surface area contributed by atoms with Gasteiger partial charge in [0, 0.05) is 24.2 Å². The largest absolute Gasteiger partial charge is 0.444 e. The lowest BCUT2D eigenvalue weighted by Gasteiger charge is -2.29. The molecule has 4 amide bonds. The molecule has 3 aliphatic rings. The number of carbonyl (C=O) groups excluding carboxylic acids is 4. The van der Waals surface area contributed by atoms with E-state index in [-0.39, 0.29) is 24.8 Å². The number of anilines is 1. The Hall–Kier alpha value is -3.68. The molecule has 1 atom stereocenters. The zero-order valence-corrected chi connectivity index (χ0v) is 17.4. The Morgan fingerprint density at radius 1 is 1.06 bits per heavy atom. The second-order valence-electron chi connectivity index (χ2n) is 8.49. The molecule has 1 aliphatic carbocycles. The minimum atomic E-state index is -0.649. The maximum Gasteiger partial charge on any atom is 0.411 e. The van der Waals surface area contributed by atoms with E-state index in [9.17, 15) is 19.2 Å². The summed E-state index contributed by atoms with van der Waals surface area (Å²) in [6, 6.07) is 12.4. The molecule has 1 unspecified atom stereocenters. The molecule has 2 aromatic carbocycles. The number of nitrogens with one attached hydrogen (secondary N) is 2. The van der Waals surface area contributed by atoms with Crippen molar-refractivity contribution in [1.29, 1.82) is 0 Å². The number of ether oxygens (including phenoxy) is 1. The lowest BCUT2D eigenvalue weighted by molar-refractivity contribution is -0.136. The summed E-state index contributed by atoms with van der Waals surface area (Å²) in [6.07, 6.45) is 2.42. The predicted molar refractivity (Wildman–Crippen MR) is 115 cm³/mol. The highest BCUT2D eigenvalue weighted by atomic mass is 16.5. The van der Waals surface area contributed by atoms with E-state index in [0.29, 0.717) is 35.7 Å². The summed E-state index contributed by atoms with van der Waals surface area (Å²) in [5, 5.41) is 5.00. The topological polar surface area (TPSA) is 105 Å². The van der Waals surface area contributed by atoms with Crippen molar-refractivity contribution >= 4 is 29.5 Å². The van der Waals surface area contributed by atoms with E-state index < -0.39 is 18.0 Å². The van der Waals surface area contributed by atoms with Gasteiger partial charge in [0.05, 0.1) is 0 Å². The third kappa shape index (κ3) is 4.08. The lowest BCUT2D eigenvalue weighted by atomic mass is 10.0. The molecular weight excluding hydrogens is 410 g/mol. The van der Waals surface area contributed by atoms with Gasteiger partial charge in [0.15, 0.2) is 0 Å². The van der Waals surface area contributed by atoms with Crippen LogP contribution in [0, 0.1) is 0 Å². The van der Waals surface area contributed by atoms with Crippen molar-refractivity contribution in [3.8, 4) is 0 Å². The molecule has 164 valence electrons. The van der Waals surface area contributed by atoms with Crippen LogP contribution in [0.3, 0.4) is 0 Å². The highest BCUT2D eigenvalue weighted by Crippen LogP contribution is 2.40. The van der Waals surface area contributed by atoms with Gasteiger partial charge in [-0.3, -0.25) is 25.0 Å². The Bertz CT molecular complexity index is 1110. The number of imide groups is 1. The van der Waals surface area contributed by atoms with Crippen molar-refractivity contribution in [2.24, 2.45) is 0 Å². The van der Waals surface area contributed by atoms with E-state index >= 15 is 0 Å². The fraction of sp³-hybridized carbons (Fsp3) is 0.333. The first-order valence-corrected chi connectivity index (χ1v) is 10.8. The van der Waals surface area contributed by atoms with Crippen molar-refractivity contribution in [3.63, 3.8) is 0 Å². The number of nitrogens with zero attached hydrogens (tertiary/aromatic N) is 1. The second-order valence-corrected chi connectivity index (χ2v) is 8.49. The van der Waals surface area contributed by atoms with Crippen molar-refractivity contribution < 1.29 is 23.9 Å². The third-order valence-corrected chi connectivity index (χ3v) is 6.17. The monoisotopic (exact) mass is 433 g/mol. The van der Waals surface area contributed by atoms with E-state index in [2.05, 4.69) is 10.6 Å². The molecule has 0 radical (unpaired) electrons. The summed E-state index contributed by atoms with van der Waals surface area (Å²) in [5.41, 5.74) is 3.94. The van der Waals surface area contributed by atoms with E-state index in [0.717, 1.165) is 5.56 Å². The molecule has 2 heterocycles. The summed E-state index contributed by atoms with van der Waals surface area (Å²) < 4.78 is 5.31. The second kappa shape index (κ2) is 8.11. The lowest BCUT2D eigenvalue weighted by Crippen LogP contribution is -2.52. The smallest absolute Gasteiger partial charge is 0.411 e. The molecule has 0 spiro atoms. The summed E-state index contributed by atoms with van der Waals surface area (Å²) >= 11 is 0. The summed E-state index contributed by atoms with van der Waals surface area (Å²) in [6.45, 7) is 0.337. The first kappa shape index (κ1) is 20.2. The van der Waals surface area contributed by atoms with Crippen LogP contribution in [0.2, 0.25) is 0 Å². The standard InChI is InChI=1S/C24H23N3O5/c28-21-10-9-20(22(29)26-21)27-12-17-2-1-14(11-19(17)23(27)30)13-32-24(31)25-18-7-5-16(6-8-18)15-3-4-15/h1-2,5-8,11,15,20H,3-4,9-10,12-13H2,(H,25,31)(H,26,28,29). The van der Waals surface area contributed by atoms with Gasteiger partial charge < -0.3 is 9.64 Å². The maximum atomic E-state index is 12.9. The Morgan fingerprint density at radius 2 is 1.84 bits per heavy atom. The van der Waals surface area contributed by atoms with Crippen LogP contribution in [0.25, 0.3) is 0 Å². The molecular formula is C24H23N3O5. The van der Waals surface area contributed by atoms with Crippen molar-refractivity contribution in [3.05, 3.63) is 64.7 Å². The first-order chi connectivity index (χ1) is 15.5. The molecule has 2 N–H and O–H groups in total.